The Morgan fingerprint density at radius 2 is 2.06 bits per heavy atom. The van der Waals surface area contributed by atoms with E-state index in [1.54, 1.807) is 6.92 Å². The van der Waals surface area contributed by atoms with E-state index >= 15 is 0 Å². The average molecular weight is 254 g/mol. The van der Waals surface area contributed by atoms with Crippen LogP contribution in [0.1, 0.15) is 52.9 Å². The van der Waals surface area contributed by atoms with E-state index in [0.717, 1.165) is 32.1 Å². The van der Waals surface area contributed by atoms with Crippen LogP contribution in [0.15, 0.2) is 11.1 Å². The molecule has 0 unspecified atom stereocenters. The number of aliphatic hydroxyl groups excluding tert-OH is 2. The summed E-state index contributed by atoms with van der Waals surface area (Å²) in [5.74, 6) is 0.103. The van der Waals surface area contributed by atoms with Gasteiger partial charge >= 0.3 is 0 Å². The summed E-state index contributed by atoms with van der Waals surface area (Å²) in [6.07, 6.45) is 4.15. The van der Waals surface area contributed by atoms with Gasteiger partial charge in [0.25, 0.3) is 0 Å². The maximum atomic E-state index is 10.3. The molecular weight excluding hydrogens is 228 g/mol. The fourth-order valence-electron chi connectivity index (χ4n) is 3.72. The van der Waals surface area contributed by atoms with Gasteiger partial charge in [0.15, 0.2) is 0 Å². The van der Waals surface area contributed by atoms with Crippen LogP contribution in [0.4, 0.5) is 0 Å². The maximum absolute atomic E-state index is 10.3. The second-order valence-electron chi connectivity index (χ2n) is 6.69. The largest absolute Gasteiger partial charge is 0.393 e. The molecule has 3 heteroatoms. The molecule has 104 valence electrons. The van der Waals surface area contributed by atoms with Crippen molar-refractivity contribution in [1.82, 2.24) is 0 Å². The topological polar surface area (TPSA) is 60.7 Å². The van der Waals surface area contributed by atoms with E-state index < -0.39 is 5.60 Å². The number of aliphatic hydroxyl groups is 3. The van der Waals surface area contributed by atoms with E-state index in [1.807, 2.05) is 0 Å². The van der Waals surface area contributed by atoms with Crippen LogP contribution in [0.25, 0.3) is 0 Å². The molecule has 3 N–H and O–H groups in total. The van der Waals surface area contributed by atoms with E-state index in [-0.39, 0.29) is 24.0 Å². The summed E-state index contributed by atoms with van der Waals surface area (Å²) in [4.78, 5) is 0. The Morgan fingerprint density at radius 1 is 1.39 bits per heavy atom. The van der Waals surface area contributed by atoms with Crippen LogP contribution >= 0.6 is 0 Å². The summed E-state index contributed by atoms with van der Waals surface area (Å²) >= 11 is 0. The lowest BCUT2D eigenvalue weighted by molar-refractivity contribution is -0.0704. The molecule has 0 heterocycles. The fraction of sp³-hybridized carbons (Fsp3) is 0.867. The van der Waals surface area contributed by atoms with Gasteiger partial charge in [-0.15, -0.1) is 0 Å². The predicted molar refractivity (Wildman–Crippen MR) is 71.1 cm³/mol. The van der Waals surface area contributed by atoms with Gasteiger partial charge in [-0.05, 0) is 51.9 Å². The van der Waals surface area contributed by atoms with Gasteiger partial charge in [-0.25, -0.2) is 0 Å². The minimum absolute atomic E-state index is 0.103. The summed E-state index contributed by atoms with van der Waals surface area (Å²) in [7, 11) is 0. The quantitative estimate of drug-likeness (QED) is 0.661. The number of fused-ring (bicyclic) bond motifs is 1. The van der Waals surface area contributed by atoms with Gasteiger partial charge in [0.05, 0.1) is 18.3 Å². The lowest BCUT2D eigenvalue weighted by Crippen LogP contribution is -2.47. The van der Waals surface area contributed by atoms with Crippen molar-refractivity contribution in [3.63, 3.8) is 0 Å². The molecule has 0 radical (unpaired) electrons. The van der Waals surface area contributed by atoms with Crippen LogP contribution in [0.5, 0.6) is 0 Å². The zero-order valence-electron chi connectivity index (χ0n) is 11.7. The first-order valence-corrected chi connectivity index (χ1v) is 7.01. The summed E-state index contributed by atoms with van der Waals surface area (Å²) < 4.78 is 0. The highest BCUT2D eigenvalue weighted by atomic mass is 16.3. The standard InChI is InChI=1S/C15H26O3/c1-10-4-5-13(17)14(2)7-6-11(8-12(10)14)15(3,18)9-16/h11,13,16-18H,4-9H2,1-3H3/t11-,13-,14-,15-/m0/s1. The second-order valence-corrected chi connectivity index (χ2v) is 6.69. The molecule has 2 aliphatic rings. The molecule has 0 saturated heterocycles. The number of hydrogen-bond acceptors (Lipinski definition) is 3. The maximum Gasteiger partial charge on any atom is 0.0880 e. The van der Waals surface area contributed by atoms with Crippen LogP contribution in [0.2, 0.25) is 0 Å². The highest BCUT2D eigenvalue weighted by molar-refractivity contribution is 5.28. The Hall–Kier alpha value is -0.380. The van der Waals surface area contributed by atoms with Crippen LogP contribution in [-0.4, -0.2) is 33.6 Å². The lowest BCUT2D eigenvalue weighted by atomic mass is 9.58. The first kappa shape index (κ1) is 14.0. The van der Waals surface area contributed by atoms with Gasteiger partial charge in [-0.1, -0.05) is 18.1 Å². The van der Waals surface area contributed by atoms with Gasteiger partial charge in [-0.3, -0.25) is 0 Å². The zero-order chi connectivity index (χ0) is 13.6. The van der Waals surface area contributed by atoms with Crippen LogP contribution in [0.3, 0.4) is 0 Å². The normalized spacial score (nSPS) is 40.3. The number of allylic oxidation sites excluding steroid dienone is 1. The molecule has 0 aliphatic heterocycles. The molecule has 0 spiro atoms. The molecule has 0 amide bonds. The van der Waals surface area contributed by atoms with Crippen molar-refractivity contribution in [3.8, 4) is 0 Å². The van der Waals surface area contributed by atoms with Crippen molar-refractivity contribution in [2.45, 2.75) is 64.6 Å². The van der Waals surface area contributed by atoms with E-state index in [1.165, 1.54) is 11.1 Å². The molecular formula is C15H26O3. The third-order valence-electron chi connectivity index (χ3n) is 5.40. The second kappa shape index (κ2) is 4.62. The van der Waals surface area contributed by atoms with Gasteiger partial charge in [0, 0.05) is 5.41 Å². The van der Waals surface area contributed by atoms with Crippen molar-refractivity contribution in [2.75, 3.05) is 6.61 Å². The molecule has 2 aliphatic carbocycles. The highest BCUT2D eigenvalue weighted by Gasteiger charge is 2.47. The molecule has 0 aromatic rings. The third kappa shape index (κ3) is 2.13. The Labute approximate surface area is 110 Å². The molecule has 2 rings (SSSR count). The third-order valence-corrected chi connectivity index (χ3v) is 5.40. The summed E-state index contributed by atoms with van der Waals surface area (Å²) in [5.41, 5.74) is 1.59. The van der Waals surface area contributed by atoms with Crippen LogP contribution in [-0.2, 0) is 0 Å². The van der Waals surface area contributed by atoms with Gasteiger partial charge in [0.1, 0.15) is 0 Å². The van der Waals surface area contributed by atoms with E-state index in [4.69, 9.17) is 0 Å². The first-order chi connectivity index (χ1) is 8.31. The average Bonchev–Trinajstić information content (AvgIpc) is 2.34. The van der Waals surface area contributed by atoms with E-state index in [2.05, 4.69) is 13.8 Å². The first-order valence-electron chi connectivity index (χ1n) is 7.01. The van der Waals surface area contributed by atoms with Crippen molar-refractivity contribution in [1.29, 1.82) is 0 Å². The van der Waals surface area contributed by atoms with Gasteiger partial charge < -0.3 is 15.3 Å². The van der Waals surface area contributed by atoms with Crippen molar-refractivity contribution < 1.29 is 15.3 Å². The number of rotatable bonds is 2. The summed E-state index contributed by atoms with van der Waals surface area (Å²) in [6.45, 7) is 5.83. The van der Waals surface area contributed by atoms with Crippen molar-refractivity contribution in [3.05, 3.63) is 11.1 Å². The smallest absolute Gasteiger partial charge is 0.0880 e. The molecule has 4 atom stereocenters. The SMILES string of the molecule is CC1=C2C[C@@H]([C@@](C)(O)CO)CC[C@]2(C)[C@@H](O)CC1. The minimum Gasteiger partial charge on any atom is -0.393 e. The van der Waals surface area contributed by atoms with Gasteiger partial charge in [-0.2, -0.15) is 0 Å². The molecule has 0 aromatic carbocycles. The molecule has 3 nitrogen and oxygen atoms in total. The van der Waals surface area contributed by atoms with E-state index in [0.29, 0.717) is 0 Å². The molecule has 18 heavy (non-hydrogen) atoms. The summed E-state index contributed by atoms with van der Waals surface area (Å²) in [6, 6.07) is 0. The van der Waals surface area contributed by atoms with Crippen LogP contribution < -0.4 is 0 Å². The molecule has 1 fully saturated rings. The Morgan fingerprint density at radius 3 is 2.67 bits per heavy atom. The monoisotopic (exact) mass is 254 g/mol. The summed E-state index contributed by atoms with van der Waals surface area (Å²) in [5, 5.41) is 29.8. The predicted octanol–water partition coefficient (Wildman–Crippen LogP) is 2.01. The number of hydrogen-bond donors (Lipinski definition) is 3. The molecule has 0 bridgehead atoms. The van der Waals surface area contributed by atoms with Gasteiger partial charge in [0.2, 0.25) is 0 Å². The fourth-order valence-corrected chi connectivity index (χ4v) is 3.72. The van der Waals surface area contributed by atoms with E-state index in [9.17, 15) is 15.3 Å². The highest BCUT2D eigenvalue weighted by Crippen LogP contribution is 2.52. The lowest BCUT2D eigenvalue weighted by Gasteiger charge is -2.49. The van der Waals surface area contributed by atoms with Crippen LogP contribution in [0, 0.1) is 11.3 Å². The van der Waals surface area contributed by atoms with Crippen molar-refractivity contribution in [2.24, 2.45) is 11.3 Å². The zero-order valence-corrected chi connectivity index (χ0v) is 11.7. The molecule has 1 saturated carbocycles. The minimum atomic E-state index is -1.00. The Balaban J connectivity index is 2.27. The molecule has 0 aromatic heterocycles. The Kier molecular flexibility index (Phi) is 3.60. The van der Waals surface area contributed by atoms with Crippen molar-refractivity contribution >= 4 is 0 Å². The Bertz CT molecular complexity index is 359.